The number of nitrogens with one attached hydrogen (secondary N) is 1. The normalized spacial score (nSPS) is 10.2. The van der Waals surface area contributed by atoms with Crippen LogP contribution in [0.2, 0.25) is 0 Å². The third kappa shape index (κ3) is 3.87. The number of amides is 1. The summed E-state index contributed by atoms with van der Waals surface area (Å²) in [6.07, 6.45) is -0.631. The van der Waals surface area contributed by atoms with Gasteiger partial charge in [0.2, 0.25) is 0 Å². The number of nitrogens with two attached hydrogens (primary N) is 2. The summed E-state index contributed by atoms with van der Waals surface area (Å²) in [5.74, 6) is 1.08. The van der Waals surface area contributed by atoms with Crippen LogP contribution in [0.4, 0.5) is 21.9 Å². The minimum absolute atomic E-state index is 0.399. The molecular formula is C20H19N3O3. The number of carbonyl (C=O) groups excluding carboxylic acids is 1. The molecule has 6 nitrogen and oxygen atoms in total. The van der Waals surface area contributed by atoms with E-state index in [1.165, 1.54) is 0 Å². The monoisotopic (exact) mass is 349 g/mol. The van der Waals surface area contributed by atoms with Gasteiger partial charge in [0.05, 0.1) is 18.5 Å². The van der Waals surface area contributed by atoms with E-state index in [4.69, 9.17) is 20.9 Å². The summed E-state index contributed by atoms with van der Waals surface area (Å²) in [6.45, 7) is 0. The van der Waals surface area contributed by atoms with Gasteiger partial charge in [-0.05, 0) is 48.0 Å². The fourth-order valence-electron chi connectivity index (χ4n) is 2.49. The summed E-state index contributed by atoms with van der Waals surface area (Å²) < 4.78 is 10.3. The van der Waals surface area contributed by atoms with Gasteiger partial charge in [-0.3, -0.25) is 5.32 Å². The summed E-state index contributed by atoms with van der Waals surface area (Å²) in [5, 5.41) is 2.63. The molecule has 0 saturated heterocycles. The number of nitrogen functional groups attached to an aromatic ring is 2. The van der Waals surface area contributed by atoms with Gasteiger partial charge in [-0.2, -0.15) is 0 Å². The Morgan fingerprint density at radius 2 is 1.58 bits per heavy atom. The van der Waals surface area contributed by atoms with Crippen LogP contribution in [0.25, 0.3) is 11.1 Å². The molecule has 0 bridgehead atoms. The van der Waals surface area contributed by atoms with Crippen molar-refractivity contribution in [3.05, 3.63) is 66.7 Å². The second kappa shape index (κ2) is 7.48. The summed E-state index contributed by atoms with van der Waals surface area (Å²) >= 11 is 0. The van der Waals surface area contributed by atoms with Crippen LogP contribution in [0.15, 0.2) is 66.7 Å². The Kier molecular flexibility index (Phi) is 4.94. The average molecular weight is 349 g/mol. The first-order valence-corrected chi connectivity index (χ1v) is 7.94. The topological polar surface area (TPSA) is 99.6 Å². The van der Waals surface area contributed by atoms with Crippen LogP contribution in [0.3, 0.4) is 0 Å². The molecule has 3 aromatic rings. The lowest BCUT2D eigenvalue weighted by molar-refractivity contribution is 0.215. The maximum Gasteiger partial charge on any atom is 0.417 e. The van der Waals surface area contributed by atoms with Crippen molar-refractivity contribution in [3.63, 3.8) is 0 Å². The Balaban J connectivity index is 1.71. The maximum atomic E-state index is 12.1. The van der Waals surface area contributed by atoms with Crippen LogP contribution in [0, 0.1) is 0 Å². The summed E-state index contributed by atoms with van der Waals surface area (Å²) in [5.41, 5.74) is 15.3. The Bertz CT molecular complexity index is 924. The van der Waals surface area contributed by atoms with Crippen LogP contribution in [0.5, 0.6) is 11.5 Å². The molecule has 0 aliphatic heterocycles. The van der Waals surface area contributed by atoms with Gasteiger partial charge in [-0.1, -0.05) is 24.3 Å². The van der Waals surface area contributed by atoms with Gasteiger partial charge in [0.25, 0.3) is 0 Å². The average Bonchev–Trinajstić information content (AvgIpc) is 2.64. The van der Waals surface area contributed by atoms with Crippen molar-refractivity contribution in [2.75, 3.05) is 23.9 Å². The third-order valence-electron chi connectivity index (χ3n) is 3.83. The quantitative estimate of drug-likeness (QED) is 0.615. The number of ether oxygens (including phenoxy) is 2. The highest BCUT2D eigenvalue weighted by molar-refractivity contribution is 5.92. The highest BCUT2D eigenvalue weighted by Gasteiger charge is 2.10. The van der Waals surface area contributed by atoms with Gasteiger partial charge in [0.1, 0.15) is 11.5 Å². The molecule has 0 atom stereocenters. The number of carbonyl (C=O) groups is 1. The predicted molar refractivity (Wildman–Crippen MR) is 103 cm³/mol. The van der Waals surface area contributed by atoms with Crippen LogP contribution in [-0.4, -0.2) is 13.2 Å². The molecule has 0 radical (unpaired) electrons. The molecular weight excluding hydrogens is 330 g/mol. The molecule has 3 rings (SSSR count). The zero-order chi connectivity index (χ0) is 18.5. The van der Waals surface area contributed by atoms with Crippen molar-refractivity contribution >= 4 is 23.2 Å². The molecule has 0 aliphatic rings. The molecule has 0 spiro atoms. The second-order valence-electron chi connectivity index (χ2n) is 5.58. The Morgan fingerprint density at radius 1 is 0.885 bits per heavy atom. The van der Waals surface area contributed by atoms with Crippen molar-refractivity contribution in [2.24, 2.45) is 0 Å². The van der Waals surface area contributed by atoms with Crippen LogP contribution >= 0.6 is 0 Å². The molecule has 6 heteroatoms. The number of anilines is 3. The van der Waals surface area contributed by atoms with E-state index in [9.17, 15) is 4.79 Å². The standard InChI is InChI=1S/C20H19N3O3/c1-25-14-7-9-15(10-8-14)26-20(24)23-19-11-6-13(12-18(19)22)16-4-2-3-5-17(16)21/h2-12H,21-22H2,1H3,(H,23,24). The first kappa shape index (κ1) is 17.2. The fraction of sp³-hybridized carbons (Fsp3) is 0.0500. The van der Waals surface area contributed by atoms with Crippen LogP contribution in [0.1, 0.15) is 0 Å². The number of para-hydroxylation sites is 1. The molecule has 3 aromatic carbocycles. The molecule has 0 aromatic heterocycles. The fourth-order valence-corrected chi connectivity index (χ4v) is 2.49. The minimum atomic E-state index is -0.631. The lowest BCUT2D eigenvalue weighted by atomic mass is 10.0. The van der Waals surface area contributed by atoms with Crippen molar-refractivity contribution in [2.45, 2.75) is 0 Å². The van der Waals surface area contributed by atoms with Crippen molar-refractivity contribution in [1.82, 2.24) is 0 Å². The largest absolute Gasteiger partial charge is 0.497 e. The molecule has 26 heavy (non-hydrogen) atoms. The number of benzene rings is 3. The second-order valence-corrected chi connectivity index (χ2v) is 5.58. The van der Waals surface area contributed by atoms with Crippen LogP contribution in [-0.2, 0) is 0 Å². The summed E-state index contributed by atoms with van der Waals surface area (Å²) in [7, 11) is 1.57. The van der Waals surface area contributed by atoms with E-state index in [1.54, 1.807) is 43.5 Å². The number of rotatable bonds is 4. The van der Waals surface area contributed by atoms with E-state index < -0.39 is 6.09 Å². The van der Waals surface area contributed by atoms with Gasteiger partial charge in [-0.15, -0.1) is 0 Å². The lowest BCUT2D eigenvalue weighted by Crippen LogP contribution is -2.17. The number of methoxy groups -OCH3 is 1. The summed E-state index contributed by atoms with van der Waals surface area (Å²) in [4.78, 5) is 12.1. The van der Waals surface area contributed by atoms with E-state index in [-0.39, 0.29) is 0 Å². The third-order valence-corrected chi connectivity index (χ3v) is 3.83. The first-order valence-electron chi connectivity index (χ1n) is 7.94. The smallest absolute Gasteiger partial charge is 0.417 e. The predicted octanol–water partition coefficient (Wildman–Crippen LogP) is 4.14. The van der Waals surface area contributed by atoms with Crippen molar-refractivity contribution < 1.29 is 14.3 Å². The zero-order valence-electron chi connectivity index (χ0n) is 14.2. The molecule has 0 aliphatic carbocycles. The Labute approximate surface area is 151 Å². The van der Waals surface area contributed by atoms with Crippen molar-refractivity contribution in [3.8, 4) is 22.6 Å². The first-order chi connectivity index (χ1) is 12.6. The van der Waals surface area contributed by atoms with Gasteiger partial charge in [0.15, 0.2) is 0 Å². The zero-order valence-corrected chi connectivity index (χ0v) is 14.2. The van der Waals surface area contributed by atoms with E-state index in [0.29, 0.717) is 28.6 Å². The molecule has 0 fully saturated rings. The van der Waals surface area contributed by atoms with Gasteiger partial charge >= 0.3 is 6.09 Å². The van der Waals surface area contributed by atoms with Crippen LogP contribution < -0.4 is 26.3 Å². The minimum Gasteiger partial charge on any atom is -0.497 e. The summed E-state index contributed by atoms with van der Waals surface area (Å²) in [6, 6.07) is 19.5. The van der Waals surface area contributed by atoms with E-state index >= 15 is 0 Å². The SMILES string of the molecule is COc1ccc(OC(=O)Nc2ccc(-c3ccccc3N)cc2N)cc1. The molecule has 1 amide bonds. The number of hydrogen-bond donors (Lipinski definition) is 3. The van der Waals surface area contributed by atoms with E-state index in [2.05, 4.69) is 5.32 Å². The van der Waals surface area contributed by atoms with E-state index in [1.807, 2.05) is 30.3 Å². The lowest BCUT2D eigenvalue weighted by Gasteiger charge is -2.12. The molecule has 0 heterocycles. The van der Waals surface area contributed by atoms with Gasteiger partial charge in [0, 0.05) is 11.3 Å². The highest BCUT2D eigenvalue weighted by Crippen LogP contribution is 2.30. The van der Waals surface area contributed by atoms with Crippen molar-refractivity contribution in [1.29, 1.82) is 0 Å². The molecule has 0 unspecified atom stereocenters. The van der Waals surface area contributed by atoms with Gasteiger partial charge < -0.3 is 20.9 Å². The Morgan fingerprint density at radius 3 is 2.23 bits per heavy atom. The molecule has 132 valence electrons. The molecule has 5 N–H and O–H groups in total. The Hall–Kier alpha value is -3.67. The molecule has 0 saturated carbocycles. The maximum absolute atomic E-state index is 12.1. The van der Waals surface area contributed by atoms with E-state index in [0.717, 1.165) is 11.1 Å². The highest BCUT2D eigenvalue weighted by atomic mass is 16.6. The van der Waals surface area contributed by atoms with Gasteiger partial charge in [-0.25, -0.2) is 4.79 Å². The number of hydrogen-bond acceptors (Lipinski definition) is 5.